The van der Waals surface area contributed by atoms with Crippen molar-refractivity contribution in [1.82, 2.24) is 26.0 Å². The Bertz CT molecular complexity index is 641. The van der Waals surface area contributed by atoms with Crippen molar-refractivity contribution in [2.45, 2.75) is 26.3 Å². The van der Waals surface area contributed by atoms with Crippen molar-refractivity contribution in [1.29, 1.82) is 0 Å². The van der Waals surface area contributed by atoms with Gasteiger partial charge < -0.3 is 10.6 Å². The van der Waals surface area contributed by atoms with Gasteiger partial charge in [-0.2, -0.15) is 15.4 Å². The van der Waals surface area contributed by atoms with Crippen molar-refractivity contribution in [3.63, 3.8) is 0 Å². The average Bonchev–Trinajstić information content (AvgIpc) is 2.80. The molecule has 2 amide bonds. The molecule has 7 nitrogen and oxygen atoms in total. The van der Waals surface area contributed by atoms with Crippen molar-refractivity contribution in [3.8, 4) is 0 Å². The molecule has 20 heavy (non-hydrogen) atoms. The van der Waals surface area contributed by atoms with Crippen molar-refractivity contribution in [3.05, 3.63) is 23.8 Å². The highest BCUT2D eigenvalue weighted by atomic mass is 16.2. The van der Waals surface area contributed by atoms with Gasteiger partial charge in [0.05, 0.1) is 6.54 Å². The van der Waals surface area contributed by atoms with Crippen LogP contribution in [-0.4, -0.2) is 39.3 Å². The van der Waals surface area contributed by atoms with Crippen LogP contribution in [0.5, 0.6) is 0 Å². The quantitative estimate of drug-likeness (QED) is 0.763. The minimum atomic E-state index is -0.320. The first-order valence-corrected chi connectivity index (χ1v) is 6.25. The van der Waals surface area contributed by atoms with Crippen LogP contribution in [0, 0.1) is 0 Å². The Morgan fingerprint density at radius 3 is 2.60 bits per heavy atom. The fourth-order valence-electron chi connectivity index (χ4n) is 1.71. The summed E-state index contributed by atoms with van der Waals surface area (Å²) < 4.78 is 0. The van der Waals surface area contributed by atoms with E-state index in [1.54, 1.807) is 18.2 Å². The number of aromatic amines is 1. The molecule has 1 heterocycles. The number of carbonyl (C=O) groups is 2. The van der Waals surface area contributed by atoms with Gasteiger partial charge in [-0.1, -0.05) is 0 Å². The lowest BCUT2D eigenvalue weighted by molar-refractivity contribution is -0.121. The molecule has 106 valence electrons. The van der Waals surface area contributed by atoms with Gasteiger partial charge in [0.25, 0.3) is 5.91 Å². The molecule has 1 aromatic heterocycles. The molecule has 1 aromatic carbocycles. The predicted molar refractivity (Wildman–Crippen MR) is 74.1 cm³/mol. The van der Waals surface area contributed by atoms with Gasteiger partial charge in [-0.3, -0.25) is 9.59 Å². The molecule has 0 saturated heterocycles. The Morgan fingerprint density at radius 1 is 1.20 bits per heavy atom. The zero-order valence-corrected chi connectivity index (χ0v) is 11.7. The Balaban J connectivity index is 1.96. The number of aromatic nitrogens is 3. The minimum absolute atomic E-state index is 0.0625. The second-order valence-corrected chi connectivity index (χ2v) is 5.51. The number of hydrogen-bond donors (Lipinski definition) is 3. The van der Waals surface area contributed by atoms with E-state index in [4.69, 9.17) is 0 Å². The summed E-state index contributed by atoms with van der Waals surface area (Å²) in [6.45, 7) is 5.58. The van der Waals surface area contributed by atoms with Gasteiger partial charge in [-0.25, -0.2) is 0 Å². The largest absolute Gasteiger partial charge is 0.350 e. The van der Waals surface area contributed by atoms with Crippen LogP contribution < -0.4 is 10.6 Å². The molecule has 3 N–H and O–H groups in total. The van der Waals surface area contributed by atoms with E-state index in [-0.39, 0.29) is 23.9 Å². The lowest BCUT2D eigenvalue weighted by Gasteiger charge is -2.20. The van der Waals surface area contributed by atoms with Crippen LogP contribution in [0.25, 0.3) is 11.0 Å². The first kappa shape index (κ1) is 14.0. The van der Waals surface area contributed by atoms with Crippen LogP contribution >= 0.6 is 0 Å². The molecule has 0 saturated carbocycles. The molecular weight excluding hydrogens is 258 g/mol. The third kappa shape index (κ3) is 3.53. The van der Waals surface area contributed by atoms with E-state index in [9.17, 15) is 9.59 Å². The van der Waals surface area contributed by atoms with E-state index < -0.39 is 0 Å². The van der Waals surface area contributed by atoms with Crippen LogP contribution in [-0.2, 0) is 4.79 Å². The molecule has 0 unspecified atom stereocenters. The molecule has 0 spiro atoms. The van der Waals surface area contributed by atoms with Gasteiger partial charge in [0.1, 0.15) is 11.0 Å². The first-order valence-electron chi connectivity index (χ1n) is 6.25. The fraction of sp³-hybridized carbons (Fsp3) is 0.385. The normalized spacial score (nSPS) is 11.3. The van der Waals surface area contributed by atoms with Gasteiger partial charge in [-0.05, 0) is 39.0 Å². The molecule has 0 bridgehead atoms. The summed E-state index contributed by atoms with van der Waals surface area (Å²) in [5.41, 5.74) is 1.42. The number of H-pyrrole nitrogens is 1. The third-order valence-corrected chi connectivity index (χ3v) is 2.50. The monoisotopic (exact) mass is 275 g/mol. The summed E-state index contributed by atoms with van der Waals surface area (Å²) in [7, 11) is 0. The molecular formula is C13H17N5O2. The maximum atomic E-state index is 11.9. The predicted octanol–water partition coefficient (Wildman–Crippen LogP) is 0.602. The van der Waals surface area contributed by atoms with Crippen molar-refractivity contribution in [2.24, 2.45) is 0 Å². The van der Waals surface area contributed by atoms with E-state index in [1.165, 1.54) is 0 Å². The second kappa shape index (κ2) is 5.28. The molecule has 2 aromatic rings. The van der Waals surface area contributed by atoms with E-state index in [2.05, 4.69) is 26.0 Å². The van der Waals surface area contributed by atoms with E-state index in [0.717, 1.165) is 0 Å². The Labute approximate surface area is 116 Å². The van der Waals surface area contributed by atoms with E-state index in [1.807, 2.05) is 20.8 Å². The van der Waals surface area contributed by atoms with Crippen molar-refractivity contribution >= 4 is 22.8 Å². The lowest BCUT2D eigenvalue weighted by Crippen LogP contribution is -2.45. The number of benzene rings is 1. The minimum Gasteiger partial charge on any atom is -0.350 e. The molecule has 0 fully saturated rings. The SMILES string of the molecule is CC(C)(C)NC(=O)CNC(=O)c1ccc2n[nH]nc2c1. The zero-order chi connectivity index (χ0) is 14.8. The Morgan fingerprint density at radius 2 is 1.90 bits per heavy atom. The smallest absolute Gasteiger partial charge is 0.251 e. The summed E-state index contributed by atoms with van der Waals surface area (Å²) in [4.78, 5) is 23.5. The number of carbonyl (C=O) groups excluding carboxylic acids is 2. The van der Waals surface area contributed by atoms with Gasteiger partial charge in [-0.15, -0.1) is 0 Å². The standard InChI is InChI=1S/C13H17N5O2/c1-13(2,3)15-11(19)7-14-12(20)8-4-5-9-10(6-8)17-18-16-9/h4-6H,7H2,1-3H3,(H,14,20)(H,15,19)(H,16,17,18). The van der Waals surface area contributed by atoms with Crippen LogP contribution in [0.2, 0.25) is 0 Å². The van der Waals surface area contributed by atoms with Crippen LogP contribution in [0.3, 0.4) is 0 Å². The zero-order valence-electron chi connectivity index (χ0n) is 11.7. The molecule has 0 atom stereocenters. The topological polar surface area (TPSA) is 99.8 Å². The maximum absolute atomic E-state index is 11.9. The molecule has 7 heteroatoms. The Kier molecular flexibility index (Phi) is 3.69. The summed E-state index contributed by atoms with van der Waals surface area (Å²) in [5, 5.41) is 15.6. The number of nitrogens with one attached hydrogen (secondary N) is 3. The van der Waals surface area contributed by atoms with E-state index in [0.29, 0.717) is 16.6 Å². The van der Waals surface area contributed by atoms with Gasteiger partial charge in [0.2, 0.25) is 5.91 Å². The second-order valence-electron chi connectivity index (χ2n) is 5.51. The Hall–Kier alpha value is -2.44. The summed E-state index contributed by atoms with van der Waals surface area (Å²) >= 11 is 0. The van der Waals surface area contributed by atoms with Gasteiger partial charge in [0, 0.05) is 11.1 Å². The molecule has 0 aliphatic rings. The van der Waals surface area contributed by atoms with Crippen molar-refractivity contribution < 1.29 is 9.59 Å². The lowest BCUT2D eigenvalue weighted by atomic mass is 10.1. The summed E-state index contributed by atoms with van der Waals surface area (Å²) in [5.74, 6) is -0.549. The number of fused-ring (bicyclic) bond motifs is 1. The maximum Gasteiger partial charge on any atom is 0.251 e. The molecule has 0 radical (unpaired) electrons. The van der Waals surface area contributed by atoms with E-state index >= 15 is 0 Å². The van der Waals surface area contributed by atoms with Crippen LogP contribution in [0.1, 0.15) is 31.1 Å². The van der Waals surface area contributed by atoms with Crippen LogP contribution in [0.4, 0.5) is 0 Å². The van der Waals surface area contributed by atoms with Crippen LogP contribution in [0.15, 0.2) is 18.2 Å². The first-order chi connectivity index (χ1) is 9.35. The fourth-order valence-corrected chi connectivity index (χ4v) is 1.71. The van der Waals surface area contributed by atoms with Gasteiger partial charge >= 0.3 is 0 Å². The highest BCUT2D eigenvalue weighted by Gasteiger charge is 2.15. The number of nitrogens with zero attached hydrogens (tertiary/aromatic N) is 2. The number of hydrogen-bond acceptors (Lipinski definition) is 4. The number of rotatable bonds is 3. The highest BCUT2D eigenvalue weighted by Crippen LogP contribution is 2.10. The summed E-state index contributed by atoms with van der Waals surface area (Å²) in [6, 6.07) is 4.96. The third-order valence-electron chi connectivity index (χ3n) is 2.50. The average molecular weight is 275 g/mol. The molecule has 0 aliphatic heterocycles. The molecule has 0 aliphatic carbocycles. The molecule has 2 rings (SSSR count). The van der Waals surface area contributed by atoms with Crippen molar-refractivity contribution in [2.75, 3.05) is 6.54 Å². The highest BCUT2D eigenvalue weighted by molar-refractivity contribution is 5.98. The summed E-state index contributed by atoms with van der Waals surface area (Å²) in [6.07, 6.45) is 0. The van der Waals surface area contributed by atoms with Gasteiger partial charge in [0.15, 0.2) is 0 Å². The number of amides is 2.